The van der Waals surface area contributed by atoms with Crippen molar-refractivity contribution in [3.05, 3.63) is 5.89 Å². The Balaban J connectivity index is 2.50. The standard InChI is InChI=1S/C11H19F3N4O/c1-4-5-15-8(3)9-17-18-10(19-9)16-7(2)6-11(12,13)14/h7-8,15H,4-6H2,1-3H3,(H,16,18). The third-order valence-corrected chi connectivity index (χ3v) is 2.42. The average Bonchev–Trinajstić information content (AvgIpc) is 2.71. The summed E-state index contributed by atoms with van der Waals surface area (Å²) in [5, 5.41) is 13.2. The molecule has 1 heterocycles. The van der Waals surface area contributed by atoms with Crippen LogP contribution >= 0.6 is 0 Å². The fourth-order valence-corrected chi connectivity index (χ4v) is 1.53. The summed E-state index contributed by atoms with van der Waals surface area (Å²) in [6, 6.07) is -0.926. The minimum absolute atomic E-state index is 0.0110. The molecule has 19 heavy (non-hydrogen) atoms. The van der Waals surface area contributed by atoms with Crippen molar-refractivity contribution >= 4 is 6.01 Å². The molecule has 0 aliphatic carbocycles. The molecule has 1 rings (SSSR count). The molecule has 0 saturated heterocycles. The van der Waals surface area contributed by atoms with Gasteiger partial charge in [0.2, 0.25) is 5.89 Å². The van der Waals surface area contributed by atoms with Gasteiger partial charge in [-0.05, 0) is 26.8 Å². The molecule has 5 nitrogen and oxygen atoms in total. The van der Waals surface area contributed by atoms with Crippen LogP contribution in [0.15, 0.2) is 4.42 Å². The maximum absolute atomic E-state index is 12.2. The van der Waals surface area contributed by atoms with Gasteiger partial charge >= 0.3 is 12.2 Å². The number of halogens is 3. The summed E-state index contributed by atoms with van der Waals surface area (Å²) in [5.41, 5.74) is 0. The third-order valence-electron chi connectivity index (χ3n) is 2.42. The van der Waals surface area contributed by atoms with E-state index < -0.39 is 18.6 Å². The smallest absolute Gasteiger partial charge is 0.391 e. The van der Waals surface area contributed by atoms with Crippen LogP contribution in [0.2, 0.25) is 0 Å². The van der Waals surface area contributed by atoms with Crippen molar-refractivity contribution < 1.29 is 17.6 Å². The highest BCUT2D eigenvalue weighted by atomic mass is 19.4. The first-order valence-electron chi connectivity index (χ1n) is 6.22. The van der Waals surface area contributed by atoms with Crippen LogP contribution in [-0.2, 0) is 0 Å². The minimum Gasteiger partial charge on any atom is -0.406 e. The van der Waals surface area contributed by atoms with Crippen LogP contribution in [0.3, 0.4) is 0 Å². The molecule has 0 saturated carbocycles. The number of hydrogen-bond donors (Lipinski definition) is 2. The molecule has 0 aliphatic rings. The van der Waals surface area contributed by atoms with E-state index in [2.05, 4.69) is 20.8 Å². The number of aromatic nitrogens is 2. The molecular weight excluding hydrogens is 261 g/mol. The Hall–Kier alpha value is -1.31. The van der Waals surface area contributed by atoms with Crippen molar-refractivity contribution in [1.82, 2.24) is 15.5 Å². The topological polar surface area (TPSA) is 63.0 Å². The van der Waals surface area contributed by atoms with E-state index in [1.165, 1.54) is 6.92 Å². The molecule has 2 N–H and O–H groups in total. The van der Waals surface area contributed by atoms with E-state index in [4.69, 9.17) is 4.42 Å². The molecule has 1 aromatic rings. The van der Waals surface area contributed by atoms with E-state index in [-0.39, 0.29) is 12.1 Å². The van der Waals surface area contributed by atoms with Gasteiger partial charge in [0.05, 0.1) is 12.5 Å². The highest BCUT2D eigenvalue weighted by molar-refractivity contribution is 5.19. The molecule has 0 spiro atoms. The number of nitrogens with zero attached hydrogens (tertiary/aromatic N) is 2. The number of alkyl halides is 3. The fraction of sp³-hybridized carbons (Fsp3) is 0.818. The second kappa shape index (κ2) is 6.74. The van der Waals surface area contributed by atoms with Gasteiger partial charge in [-0.1, -0.05) is 12.0 Å². The largest absolute Gasteiger partial charge is 0.406 e. The van der Waals surface area contributed by atoms with Crippen molar-refractivity contribution in [2.24, 2.45) is 0 Å². The average molecular weight is 280 g/mol. The van der Waals surface area contributed by atoms with Crippen LogP contribution in [0.5, 0.6) is 0 Å². The summed E-state index contributed by atoms with van der Waals surface area (Å²) in [7, 11) is 0. The SMILES string of the molecule is CCCNC(C)c1nnc(NC(C)CC(F)(F)F)o1. The highest BCUT2D eigenvalue weighted by Crippen LogP contribution is 2.23. The number of hydrogen-bond acceptors (Lipinski definition) is 5. The molecule has 0 amide bonds. The zero-order valence-corrected chi connectivity index (χ0v) is 11.2. The van der Waals surface area contributed by atoms with Crippen molar-refractivity contribution in [1.29, 1.82) is 0 Å². The summed E-state index contributed by atoms with van der Waals surface area (Å²) in [6.07, 6.45) is -4.20. The number of nitrogens with one attached hydrogen (secondary N) is 2. The molecule has 2 unspecified atom stereocenters. The van der Waals surface area contributed by atoms with Gasteiger partial charge in [0.25, 0.3) is 0 Å². The Labute approximate surface area is 110 Å². The van der Waals surface area contributed by atoms with Crippen molar-refractivity contribution in [2.75, 3.05) is 11.9 Å². The lowest BCUT2D eigenvalue weighted by Crippen LogP contribution is -2.24. The molecule has 1 aromatic heterocycles. The van der Waals surface area contributed by atoms with E-state index >= 15 is 0 Å². The normalized spacial score (nSPS) is 15.3. The van der Waals surface area contributed by atoms with E-state index in [1.54, 1.807) is 0 Å². The van der Waals surface area contributed by atoms with Gasteiger partial charge in [-0.15, -0.1) is 5.10 Å². The van der Waals surface area contributed by atoms with Gasteiger partial charge in [0.1, 0.15) is 0 Å². The van der Waals surface area contributed by atoms with Gasteiger partial charge in [-0.3, -0.25) is 0 Å². The zero-order chi connectivity index (χ0) is 14.5. The van der Waals surface area contributed by atoms with Crippen LogP contribution < -0.4 is 10.6 Å². The van der Waals surface area contributed by atoms with Crippen molar-refractivity contribution in [3.63, 3.8) is 0 Å². The quantitative estimate of drug-likeness (QED) is 0.804. The lowest BCUT2D eigenvalue weighted by Gasteiger charge is -2.13. The minimum atomic E-state index is -4.22. The predicted molar refractivity (Wildman–Crippen MR) is 64.8 cm³/mol. The van der Waals surface area contributed by atoms with Crippen LogP contribution in [0.25, 0.3) is 0 Å². The van der Waals surface area contributed by atoms with Gasteiger partial charge in [0, 0.05) is 6.04 Å². The maximum atomic E-state index is 12.2. The predicted octanol–water partition coefficient (Wildman–Crippen LogP) is 2.88. The molecule has 0 bridgehead atoms. The third kappa shape index (κ3) is 5.91. The molecule has 0 radical (unpaired) electrons. The maximum Gasteiger partial charge on any atom is 0.391 e. The van der Waals surface area contributed by atoms with Gasteiger partial charge in [-0.25, -0.2) is 0 Å². The molecule has 2 atom stereocenters. The first-order valence-corrected chi connectivity index (χ1v) is 6.22. The number of anilines is 1. The number of rotatable bonds is 7. The van der Waals surface area contributed by atoms with Crippen LogP contribution in [-0.4, -0.2) is 29.0 Å². The Morgan fingerprint density at radius 2 is 1.95 bits per heavy atom. The van der Waals surface area contributed by atoms with Gasteiger partial charge < -0.3 is 15.1 Å². The Bertz CT molecular complexity index is 380. The molecular formula is C11H19F3N4O. The summed E-state index contributed by atoms with van der Waals surface area (Å²) in [6.45, 7) is 6.10. The summed E-state index contributed by atoms with van der Waals surface area (Å²) >= 11 is 0. The molecule has 0 aromatic carbocycles. The molecule has 0 aliphatic heterocycles. The summed E-state index contributed by atoms with van der Waals surface area (Å²) < 4.78 is 41.8. The molecule has 110 valence electrons. The fourth-order valence-electron chi connectivity index (χ4n) is 1.53. The van der Waals surface area contributed by atoms with Gasteiger partial charge in [-0.2, -0.15) is 13.2 Å². The first kappa shape index (κ1) is 15.7. The van der Waals surface area contributed by atoms with Crippen LogP contribution in [0.1, 0.15) is 45.5 Å². The highest BCUT2D eigenvalue weighted by Gasteiger charge is 2.30. The van der Waals surface area contributed by atoms with E-state index in [0.717, 1.165) is 13.0 Å². The summed E-state index contributed by atoms with van der Waals surface area (Å²) in [5.74, 6) is 0.357. The lowest BCUT2D eigenvalue weighted by atomic mass is 10.2. The molecule has 8 heteroatoms. The van der Waals surface area contributed by atoms with Crippen LogP contribution in [0.4, 0.5) is 19.2 Å². The van der Waals surface area contributed by atoms with Gasteiger partial charge in [0.15, 0.2) is 0 Å². The Morgan fingerprint density at radius 3 is 2.53 bits per heavy atom. The lowest BCUT2D eigenvalue weighted by molar-refractivity contribution is -0.136. The van der Waals surface area contributed by atoms with E-state index in [9.17, 15) is 13.2 Å². The second-order valence-corrected chi connectivity index (χ2v) is 4.49. The van der Waals surface area contributed by atoms with E-state index in [1.807, 2.05) is 13.8 Å². The van der Waals surface area contributed by atoms with E-state index in [0.29, 0.717) is 5.89 Å². The second-order valence-electron chi connectivity index (χ2n) is 4.49. The Kier molecular flexibility index (Phi) is 5.59. The molecule has 0 fully saturated rings. The van der Waals surface area contributed by atoms with Crippen molar-refractivity contribution in [2.45, 2.75) is 51.9 Å². The van der Waals surface area contributed by atoms with Crippen LogP contribution in [0, 0.1) is 0 Å². The Morgan fingerprint density at radius 1 is 1.26 bits per heavy atom. The zero-order valence-electron chi connectivity index (χ0n) is 11.2. The summed E-state index contributed by atoms with van der Waals surface area (Å²) in [4.78, 5) is 0. The first-order chi connectivity index (χ1) is 8.81. The van der Waals surface area contributed by atoms with Crippen molar-refractivity contribution in [3.8, 4) is 0 Å². The monoisotopic (exact) mass is 280 g/mol.